The second-order valence-electron chi connectivity index (χ2n) is 4.57. The number of benzene rings is 2. The van der Waals surface area contributed by atoms with Gasteiger partial charge in [0.15, 0.2) is 0 Å². The molecule has 1 unspecified atom stereocenters. The predicted molar refractivity (Wildman–Crippen MR) is 74.9 cm³/mol. The highest BCUT2D eigenvalue weighted by molar-refractivity contribution is 6.04. The van der Waals surface area contributed by atoms with Gasteiger partial charge in [0.2, 0.25) is 0 Å². The molecule has 0 amide bonds. The van der Waals surface area contributed by atoms with E-state index in [0.29, 0.717) is 6.54 Å². The first-order valence-electron chi connectivity index (χ1n) is 6.28. The quantitative estimate of drug-likeness (QED) is 0.855. The van der Waals surface area contributed by atoms with Crippen LogP contribution in [-0.2, 0) is 6.42 Å². The van der Waals surface area contributed by atoms with Crippen LogP contribution >= 0.6 is 0 Å². The molecule has 0 bridgehead atoms. The van der Waals surface area contributed by atoms with Gasteiger partial charge < -0.3 is 5.73 Å². The molecule has 2 heteroatoms. The third-order valence-corrected chi connectivity index (χ3v) is 3.43. The fourth-order valence-corrected chi connectivity index (χ4v) is 2.52. The van der Waals surface area contributed by atoms with E-state index in [2.05, 4.69) is 42.5 Å². The van der Waals surface area contributed by atoms with Crippen molar-refractivity contribution in [3.63, 3.8) is 0 Å². The van der Waals surface area contributed by atoms with E-state index in [9.17, 15) is 0 Å². The summed E-state index contributed by atoms with van der Waals surface area (Å²) in [7, 11) is 0. The molecule has 0 radical (unpaired) electrons. The fraction of sp³-hybridized carbons (Fsp3) is 0.188. The van der Waals surface area contributed by atoms with Crippen molar-refractivity contribution < 1.29 is 0 Å². The van der Waals surface area contributed by atoms with E-state index in [1.54, 1.807) is 0 Å². The minimum absolute atomic E-state index is 0.208. The molecule has 0 aliphatic carbocycles. The summed E-state index contributed by atoms with van der Waals surface area (Å²) in [5.74, 6) is 0. The third kappa shape index (κ3) is 1.95. The zero-order chi connectivity index (χ0) is 12.4. The molecule has 2 N–H and O–H groups in total. The maximum atomic E-state index is 5.83. The van der Waals surface area contributed by atoms with Gasteiger partial charge in [0.25, 0.3) is 0 Å². The molecule has 3 rings (SSSR count). The van der Waals surface area contributed by atoms with Crippen LogP contribution in [0.2, 0.25) is 0 Å². The third-order valence-electron chi connectivity index (χ3n) is 3.43. The molecular formula is C16H16N2. The van der Waals surface area contributed by atoms with Crippen LogP contribution in [0.5, 0.6) is 0 Å². The standard InChI is InChI=1S/C16H16N2/c17-11-16-14-9-5-4-8-13(14)10-15(18-16)12-6-2-1-3-7-12/h1-9,15H,10-11,17H2. The zero-order valence-electron chi connectivity index (χ0n) is 10.2. The van der Waals surface area contributed by atoms with Crippen LogP contribution < -0.4 is 5.73 Å². The van der Waals surface area contributed by atoms with Crippen LogP contribution in [0.15, 0.2) is 59.6 Å². The first-order valence-corrected chi connectivity index (χ1v) is 6.28. The van der Waals surface area contributed by atoms with Crippen LogP contribution in [0.1, 0.15) is 22.7 Å². The zero-order valence-corrected chi connectivity index (χ0v) is 10.2. The number of hydrogen-bond donors (Lipinski definition) is 1. The van der Waals surface area contributed by atoms with Gasteiger partial charge in [-0.1, -0.05) is 54.6 Å². The molecular weight excluding hydrogens is 220 g/mol. The van der Waals surface area contributed by atoms with Gasteiger partial charge in [-0.2, -0.15) is 0 Å². The largest absolute Gasteiger partial charge is 0.325 e. The maximum Gasteiger partial charge on any atom is 0.0793 e. The van der Waals surface area contributed by atoms with Crippen molar-refractivity contribution in [1.29, 1.82) is 0 Å². The number of fused-ring (bicyclic) bond motifs is 1. The molecule has 1 aliphatic rings. The number of aliphatic imine (C=N–C) groups is 1. The molecule has 2 aromatic carbocycles. The normalized spacial score (nSPS) is 18.1. The van der Waals surface area contributed by atoms with Crippen molar-refractivity contribution in [3.05, 3.63) is 71.3 Å². The monoisotopic (exact) mass is 236 g/mol. The first kappa shape index (κ1) is 11.2. The summed E-state index contributed by atoms with van der Waals surface area (Å²) in [6, 6.07) is 19.1. The molecule has 0 saturated heterocycles. The second-order valence-corrected chi connectivity index (χ2v) is 4.57. The van der Waals surface area contributed by atoms with E-state index >= 15 is 0 Å². The van der Waals surface area contributed by atoms with Crippen molar-refractivity contribution in [2.45, 2.75) is 12.5 Å². The summed E-state index contributed by atoms with van der Waals surface area (Å²) in [5.41, 5.74) is 10.7. The smallest absolute Gasteiger partial charge is 0.0793 e. The molecule has 90 valence electrons. The minimum atomic E-state index is 0.208. The van der Waals surface area contributed by atoms with Gasteiger partial charge in [-0.05, 0) is 17.5 Å². The predicted octanol–water partition coefficient (Wildman–Crippen LogP) is 2.73. The number of rotatable bonds is 2. The van der Waals surface area contributed by atoms with Crippen LogP contribution in [0.4, 0.5) is 0 Å². The van der Waals surface area contributed by atoms with E-state index in [0.717, 1.165) is 12.1 Å². The highest BCUT2D eigenvalue weighted by Crippen LogP contribution is 2.29. The molecule has 2 aromatic rings. The highest BCUT2D eigenvalue weighted by Gasteiger charge is 2.20. The second kappa shape index (κ2) is 4.75. The lowest BCUT2D eigenvalue weighted by molar-refractivity contribution is 0.709. The van der Waals surface area contributed by atoms with Gasteiger partial charge in [-0.15, -0.1) is 0 Å². The Hall–Kier alpha value is -1.93. The van der Waals surface area contributed by atoms with E-state index in [4.69, 9.17) is 10.7 Å². The Morgan fingerprint density at radius 3 is 2.50 bits per heavy atom. The molecule has 2 nitrogen and oxygen atoms in total. The average Bonchev–Trinajstić information content (AvgIpc) is 2.47. The summed E-state index contributed by atoms with van der Waals surface area (Å²) in [5, 5.41) is 0. The molecule has 1 aliphatic heterocycles. The Morgan fingerprint density at radius 1 is 1.00 bits per heavy atom. The Balaban J connectivity index is 2.03. The van der Waals surface area contributed by atoms with E-state index in [1.165, 1.54) is 16.7 Å². The van der Waals surface area contributed by atoms with Gasteiger partial charge in [0.1, 0.15) is 0 Å². The van der Waals surface area contributed by atoms with Crippen LogP contribution in [0.25, 0.3) is 0 Å². The van der Waals surface area contributed by atoms with Gasteiger partial charge in [-0.25, -0.2) is 0 Å². The fourth-order valence-electron chi connectivity index (χ4n) is 2.52. The van der Waals surface area contributed by atoms with Gasteiger partial charge in [0, 0.05) is 12.1 Å². The number of hydrogen-bond acceptors (Lipinski definition) is 2. The Morgan fingerprint density at radius 2 is 1.72 bits per heavy atom. The first-order chi connectivity index (χ1) is 8.88. The average molecular weight is 236 g/mol. The lowest BCUT2D eigenvalue weighted by Gasteiger charge is -2.23. The van der Waals surface area contributed by atoms with E-state index in [-0.39, 0.29) is 6.04 Å². The van der Waals surface area contributed by atoms with Crippen molar-refractivity contribution >= 4 is 5.71 Å². The molecule has 18 heavy (non-hydrogen) atoms. The highest BCUT2D eigenvalue weighted by atomic mass is 14.8. The molecule has 0 saturated carbocycles. The SMILES string of the molecule is NCC1=NC(c2ccccc2)Cc2ccccc21. The van der Waals surface area contributed by atoms with Crippen molar-refractivity contribution in [2.75, 3.05) is 6.54 Å². The van der Waals surface area contributed by atoms with Crippen LogP contribution in [0, 0.1) is 0 Å². The Kier molecular flexibility index (Phi) is 2.95. The van der Waals surface area contributed by atoms with Crippen molar-refractivity contribution in [3.8, 4) is 0 Å². The van der Waals surface area contributed by atoms with Gasteiger partial charge >= 0.3 is 0 Å². The summed E-state index contributed by atoms with van der Waals surface area (Å²) in [6.07, 6.45) is 0.962. The molecule has 0 fully saturated rings. The minimum Gasteiger partial charge on any atom is -0.325 e. The maximum absolute atomic E-state index is 5.83. The van der Waals surface area contributed by atoms with Crippen molar-refractivity contribution in [2.24, 2.45) is 10.7 Å². The summed E-state index contributed by atoms with van der Waals surface area (Å²) in [4.78, 5) is 4.80. The molecule has 0 spiro atoms. The van der Waals surface area contributed by atoms with Gasteiger partial charge in [-0.3, -0.25) is 4.99 Å². The molecule has 1 heterocycles. The Labute approximate surface area is 107 Å². The summed E-state index contributed by atoms with van der Waals surface area (Å²) >= 11 is 0. The summed E-state index contributed by atoms with van der Waals surface area (Å²) < 4.78 is 0. The van der Waals surface area contributed by atoms with Crippen molar-refractivity contribution in [1.82, 2.24) is 0 Å². The Bertz CT molecular complexity index is 573. The molecule has 1 atom stereocenters. The van der Waals surface area contributed by atoms with Crippen LogP contribution in [-0.4, -0.2) is 12.3 Å². The van der Waals surface area contributed by atoms with Crippen LogP contribution in [0.3, 0.4) is 0 Å². The lowest BCUT2D eigenvalue weighted by atomic mass is 9.90. The number of nitrogens with zero attached hydrogens (tertiary/aromatic N) is 1. The number of nitrogens with two attached hydrogens (primary N) is 1. The van der Waals surface area contributed by atoms with Gasteiger partial charge in [0.05, 0.1) is 11.8 Å². The molecule has 0 aromatic heterocycles. The lowest BCUT2D eigenvalue weighted by Crippen LogP contribution is -2.23. The van der Waals surface area contributed by atoms with E-state index in [1.807, 2.05) is 12.1 Å². The van der Waals surface area contributed by atoms with E-state index < -0.39 is 0 Å². The topological polar surface area (TPSA) is 38.4 Å². The summed E-state index contributed by atoms with van der Waals surface area (Å²) in [6.45, 7) is 0.500.